The summed E-state index contributed by atoms with van der Waals surface area (Å²) < 4.78 is 22.5. The lowest BCUT2D eigenvalue weighted by Crippen LogP contribution is -2.50. The van der Waals surface area contributed by atoms with E-state index in [4.69, 9.17) is 18.4 Å². The molecule has 0 saturated carbocycles. The van der Waals surface area contributed by atoms with Gasteiger partial charge in [0.15, 0.2) is 5.76 Å². The SMILES string of the molecule is C/C(=C/c1ncc(-c2cc(C)no2)o1)C[C@@H]1OC[C@H](C[C@@H]2O[C@H]2[C@@H](C)[C@H](C)O)[C@@H](O)[C@H]1O. The zero-order valence-electron chi connectivity index (χ0n) is 18.8. The number of aromatic nitrogens is 2. The van der Waals surface area contributed by atoms with Gasteiger partial charge in [0.1, 0.15) is 6.10 Å². The number of ether oxygens (including phenoxy) is 2. The first-order chi connectivity index (χ1) is 15.2. The molecule has 2 aliphatic heterocycles. The van der Waals surface area contributed by atoms with Crippen molar-refractivity contribution in [2.45, 2.75) is 77.2 Å². The number of oxazole rings is 1. The summed E-state index contributed by atoms with van der Waals surface area (Å²) in [5.41, 5.74) is 1.66. The molecule has 0 bridgehead atoms. The number of rotatable bonds is 8. The predicted octanol–water partition coefficient (Wildman–Crippen LogP) is 2.34. The van der Waals surface area contributed by atoms with E-state index in [9.17, 15) is 15.3 Å². The molecule has 2 aromatic heterocycles. The number of hydrogen-bond donors (Lipinski definition) is 3. The molecule has 9 nitrogen and oxygen atoms in total. The monoisotopic (exact) mass is 448 g/mol. The molecule has 0 aromatic carbocycles. The third kappa shape index (κ3) is 5.13. The van der Waals surface area contributed by atoms with E-state index in [0.717, 1.165) is 11.3 Å². The number of epoxide rings is 1. The highest BCUT2D eigenvalue weighted by atomic mass is 16.6. The van der Waals surface area contributed by atoms with Gasteiger partial charge in [0.2, 0.25) is 11.7 Å². The smallest absolute Gasteiger partial charge is 0.219 e. The van der Waals surface area contributed by atoms with Crippen molar-refractivity contribution in [3.63, 3.8) is 0 Å². The highest BCUT2D eigenvalue weighted by Crippen LogP contribution is 2.38. The van der Waals surface area contributed by atoms with Gasteiger partial charge in [-0.15, -0.1) is 0 Å². The third-order valence-electron chi connectivity index (χ3n) is 6.46. The van der Waals surface area contributed by atoms with E-state index < -0.39 is 24.4 Å². The molecule has 2 aliphatic rings. The van der Waals surface area contributed by atoms with Gasteiger partial charge in [-0.2, -0.15) is 0 Å². The second-order valence-corrected chi connectivity index (χ2v) is 9.18. The maximum absolute atomic E-state index is 10.7. The summed E-state index contributed by atoms with van der Waals surface area (Å²) in [4.78, 5) is 4.24. The fourth-order valence-electron chi connectivity index (χ4n) is 4.25. The average Bonchev–Trinajstić information content (AvgIpc) is 3.11. The van der Waals surface area contributed by atoms with Crippen molar-refractivity contribution < 1.29 is 33.7 Å². The van der Waals surface area contributed by atoms with Gasteiger partial charge in [0.05, 0.1) is 49.0 Å². The van der Waals surface area contributed by atoms with Gasteiger partial charge in [0.25, 0.3) is 0 Å². The summed E-state index contributed by atoms with van der Waals surface area (Å²) in [5, 5.41) is 34.8. The Balaban J connectivity index is 1.30. The van der Waals surface area contributed by atoms with Crippen LogP contribution >= 0.6 is 0 Å². The number of nitrogens with zero attached hydrogens (tertiary/aromatic N) is 2. The Bertz CT molecular complexity index is 936. The van der Waals surface area contributed by atoms with Crippen LogP contribution < -0.4 is 0 Å². The van der Waals surface area contributed by atoms with Crippen molar-refractivity contribution in [2.24, 2.45) is 11.8 Å². The summed E-state index contributed by atoms with van der Waals surface area (Å²) in [6, 6.07) is 1.77. The Hall–Kier alpha value is -2.04. The topological polar surface area (TPSA) is 135 Å². The molecule has 9 heteroatoms. The van der Waals surface area contributed by atoms with Gasteiger partial charge in [-0.3, -0.25) is 0 Å². The van der Waals surface area contributed by atoms with Crippen molar-refractivity contribution >= 4 is 6.08 Å². The molecule has 0 unspecified atom stereocenters. The predicted molar refractivity (Wildman–Crippen MR) is 114 cm³/mol. The Morgan fingerprint density at radius 2 is 2.00 bits per heavy atom. The molecule has 176 valence electrons. The largest absolute Gasteiger partial charge is 0.433 e. The summed E-state index contributed by atoms with van der Waals surface area (Å²) in [6.45, 7) is 7.78. The number of aliphatic hydroxyl groups is 3. The number of hydrogen-bond acceptors (Lipinski definition) is 9. The average molecular weight is 449 g/mol. The number of aliphatic hydroxyl groups excluding tert-OH is 3. The fourth-order valence-corrected chi connectivity index (χ4v) is 4.25. The lowest BCUT2D eigenvalue weighted by molar-refractivity contribution is -0.165. The normalized spacial score (nSPS) is 32.7. The van der Waals surface area contributed by atoms with Crippen LogP contribution in [0.25, 0.3) is 17.6 Å². The third-order valence-corrected chi connectivity index (χ3v) is 6.46. The van der Waals surface area contributed by atoms with Crippen LogP contribution in [0.2, 0.25) is 0 Å². The van der Waals surface area contributed by atoms with Gasteiger partial charge < -0.3 is 33.7 Å². The molecule has 2 fully saturated rings. The highest BCUT2D eigenvalue weighted by molar-refractivity contribution is 5.52. The maximum Gasteiger partial charge on any atom is 0.219 e. The van der Waals surface area contributed by atoms with Crippen molar-refractivity contribution in [3.05, 3.63) is 29.4 Å². The van der Waals surface area contributed by atoms with E-state index in [1.165, 1.54) is 0 Å². The molecule has 2 aromatic rings. The molecular weight excluding hydrogens is 416 g/mol. The van der Waals surface area contributed by atoms with Gasteiger partial charge >= 0.3 is 0 Å². The van der Waals surface area contributed by atoms with Crippen molar-refractivity contribution in [3.8, 4) is 11.5 Å². The second-order valence-electron chi connectivity index (χ2n) is 9.18. The van der Waals surface area contributed by atoms with E-state index in [2.05, 4.69) is 10.1 Å². The number of aryl methyl sites for hydroxylation is 1. The molecular formula is C23H32N2O7. The summed E-state index contributed by atoms with van der Waals surface area (Å²) in [7, 11) is 0. The van der Waals surface area contributed by atoms with E-state index in [-0.39, 0.29) is 24.0 Å². The fraction of sp³-hybridized carbons (Fsp3) is 0.652. The van der Waals surface area contributed by atoms with Crippen molar-refractivity contribution in [1.29, 1.82) is 0 Å². The molecule has 4 heterocycles. The Morgan fingerprint density at radius 3 is 2.69 bits per heavy atom. The van der Waals surface area contributed by atoms with Crippen LogP contribution in [0.5, 0.6) is 0 Å². The van der Waals surface area contributed by atoms with E-state index in [1.807, 2.05) is 20.8 Å². The first kappa shape index (κ1) is 23.1. The molecule has 3 N–H and O–H groups in total. The Labute approximate surface area is 187 Å². The van der Waals surface area contributed by atoms with Crippen LogP contribution in [0.3, 0.4) is 0 Å². The maximum atomic E-state index is 10.7. The van der Waals surface area contributed by atoms with Crippen LogP contribution in [0.15, 0.2) is 26.8 Å². The van der Waals surface area contributed by atoms with Crippen LogP contribution in [0, 0.1) is 18.8 Å². The summed E-state index contributed by atoms with van der Waals surface area (Å²) in [5.74, 6) is 1.25. The quantitative estimate of drug-likeness (QED) is 0.520. The van der Waals surface area contributed by atoms with E-state index >= 15 is 0 Å². The molecule has 8 atom stereocenters. The van der Waals surface area contributed by atoms with Crippen molar-refractivity contribution in [1.82, 2.24) is 10.1 Å². The zero-order chi connectivity index (χ0) is 23.0. The second kappa shape index (κ2) is 9.44. The van der Waals surface area contributed by atoms with Crippen LogP contribution in [0.1, 0.15) is 45.2 Å². The van der Waals surface area contributed by atoms with Crippen molar-refractivity contribution in [2.75, 3.05) is 6.61 Å². The molecule has 4 rings (SSSR count). The van der Waals surface area contributed by atoms with E-state index in [0.29, 0.717) is 36.9 Å². The summed E-state index contributed by atoms with van der Waals surface area (Å²) >= 11 is 0. The lowest BCUT2D eigenvalue weighted by atomic mass is 9.85. The van der Waals surface area contributed by atoms with Crippen LogP contribution in [0.4, 0.5) is 0 Å². The standard InChI is InChI=1S/C23H32N2O7/c1-11(6-20-24-9-19(30-20)16-7-12(2)25-32-16)5-17-22(28)21(27)15(10-29-17)8-18-23(31-18)13(3)14(4)26/h6-7,9,13-15,17-18,21-23,26-28H,5,8,10H2,1-4H3/b11-6-/t13-,14-,15-,17-,18-,21+,22-,23-/m0/s1. The molecule has 0 spiro atoms. The Kier molecular flexibility index (Phi) is 6.83. The first-order valence-electron chi connectivity index (χ1n) is 11.1. The van der Waals surface area contributed by atoms with E-state index in [1.54, 1.807) is 25.3 Å². The minimum absolute atomic E-state index is 0.00574. The van der Waals surface area contributed by atoms with Gasteiger partial charge in [-0.1, -0.05) is 17.7 Å². The molecule has 2 saturated heterocycles. The first-order valence-corrected chi connectivity index (χ1v) is 11.1. The lowest BCUT2D eigenvalue weighted by Gasteiger charge is -2.38. The molecule has 0 radical (unpaired) electrons. The van der Waals surface area contributed by atoms with Gasteiger partial charge in [-0.25, -0.2) is 4.98 Å². The Morgan fingerprint density at radius 1 is 1.22 bits per heavy atom. The highest BCUT2D eigenvalue weighted by Gasteiger charge is 2.48. The van der Waals surface area contributed by atoms with Gasteiger partial charge in [-0.05, 0) is 39.7 Å². The van der Waals surface area contributed by atoms with Gasteiger partial charge in [0, 0.05) is 17.9 Å². The minimum Gasteiger partial charge on any atom is -0.433 e. The zero-order valence-corrected chi connectivity index (χ0v) is 18.8. The minimum atomic E-state index is -0.999. The summed E-state index contributed by atoms with van der Waals surface area (Å²) in [6.07, 6.45) is 1.52. The molecule has 0 aliphatic carbocycles. The molecule has 0 amide bonds. The van der Waals surface area contributed by atoms with Crippen LogP contribution in [-0.4, -0.2) is 68.7 Å². The van der Waals surface area contributed by atoms with Crippen LogP contribution in [-0.2, 0) is 9.47 Å². The molecule has 32 heavy (non-hydrogen) atoms.